The van der Waals surface area contributed by atoms with E-state index in [1.54, 1.807) is 13.2 Å². The fourth-order valence-corrected chi connectivity index (χ4v) is 2.74. The SMILES string of the molecule is COc1ccc2c(ccc3oc([N+](=O)[O-])cc32)c1Br. The molecule has 0 bridgehead atoms. The minimum Gasteiger partial charge on any atom is -0.496 e. The molecular weight excluding hydrogens is 314 g/mol. The first-order valence-electron chi connectivity index (χ1n) is 5.45. The van der Waals surface area contributed by atoms with Crippen LogP contribution in [0.25, 0.3) is 21.7 Å². The summed E-state index contributed by atoms with van der Waals surface area (Å²) in [6.07, 6.45) is 0. The Hall–Kier alpha value is -2.08. The molecule has 0 aliphatic carbocycles. The molecule has 2 aromatic carbocycles. The van der Waals surface area contributed by atoms with Gasteiger partial charge in [0.25, 0.3) is 0 Å². The predicted octanol–water partition coefficient (Wildman–Crippen LogP) is 4.27. The predicted molar refractivity (Wildman–Crippen MR) is 74.6 cm³/mol. The number of hydrogen-bond donors (Lipinski definition) is 0. The van der Waals surface area contributed by atoms with Crippen molar-refractivity contribution in [3.63, 3.8) is 0 Å². The van der Waals surface area contributed by atoms with E-state index in [-0.39, 0.29) is 5.88 Å². The topological polar surface area (TPSA) is 65.5 Å². The normalized spacial score (nSPS) is 11.1. The molecule has 0 saturated heterocycles. The molecule has 0 fully saturated rings. The van der Waals surface area contributed by atoms with Gasteiger partial charge in [0.15, 0.2) is 0 Å². The number of hydrogen-bond acceptors (Lipinski definition) is 4. The summed E-state index contributed by atoms with van der Waals surface area (Å²) in [5, 5.41) is 13.3. The summed E-state index contributed by atoms with van der Waals surface area (Å²) in [6, 6.07) is 8.67. The fraction of sp³-hybridized carbons (Fsp3) is 0.0769. The number of halogens is 1. The highest BCUT2D eigenvalue weighted by molar-refractivity contribution is 9.10. The molecular formula is C13H8BrNO4. The highest BCUT2D eigenvalue weighted by Gasteiger charge is 2.16. The smallest absolute Gasteiger partial charge is 0.434 e. The second-order valence-corrected chi connectivity index (χ2v) is 4.79. The van der Waals surface area contributed by atoms with Crippen LogP contribution in [-0.2, 0) is 0 Å². The molecule has 0 aliphatic rings. The third kappa shape index (κ3) is 1.76. The first-order valence-corrected chi connectivity index (χ1v) is 6.24. The molecule has 1 aromatic heterocycles. The molecule has 1 heterocycles. The maximum atomic E-state index is 10.8. The van der Waals surface area contributed by atoms with Crippen molar-refractivity contribution in [2.24, 2.45) is 0 Å². The van der Waals surface area contributed by atoms with Gasteiger partial charge < -0.3 is 9.15 Å². The van der Waals surface area contributed by atoms with Crippen LogP contribution in [0.2, 0.25) is 0 Å². The van der Waals surface area contributed by atoms with E-state index in [4.69, 9.17) is 9.15 Å². The molecule has 0 N–H and O–H groups in total. The van der Waals surface area contributed by atoms with Crippen LogP contribution in [0.1, 0.15) is 0 Å². The van der Waals surface area contributed by atoms with E-state index < -0.39 is 4.92 Å². The Morgan fingerprint density at radius 1 is 1.21 bits per heavy atom. The Balaban J connectivity index is 2.40. The largest absolute Gasteiger partial charge is 0.496 e. The standard InChI is InChI=1S/C13H8BrNO4/c1-18-11-5-2-7-8(13(11)14)3-4-10-9(7)6-12(19-10)15(16)17/h2-6H,1H3. The highest BCUT2D eigenvalue weighted by Crippen LogP contribution is 2.38. The molecule has 0 unspecified atom stereocenters. The molecule has 0 aliphatic heterocycles. The van der Waals surface area contributed by atoms with Crippen molar-refractivity contribution in [1.82, 2.24) is 0 Å². The average Bonchev–Trinajstić information content (AvgIpc) is 2.83. The monoisotopic (exact) mass is 321 g/mol. The summed E-state index contributed by atoms with van der Waals surface area (Å²) in [5.74, 6) is 0.458. The molecule has 19 heavy (non-hydrogen) atoms. The third-order valence-electron chi connectivity index (χ3n) is 2.98. The summed E-state index contributed by atoms with van der Waals surface area (Å²) in [5.41, 5.74) is 0.497. The lowest BCUT2D eigenvalue weighted by Crippen LogP contribution is -1.85. The second kappa shape index (κ2) is 4.24. The minimum atomic E-state index is -0.537. The van der Waals surface area contributed by atoms with Crippen molar-refractivity contribution in [1.29, 1.82) is 0 Å². The average molecular weight is 322 g/mol. The van der Waals surface area contributed by atoms with Crippen molar-refractivity contribution < 1.29 is 14.1 Å². The maximum Gasteiger partial charge on any atom is 0.434 e. The number of rotatable bonds is 2. The van der Waals surface area contributed by atoms with Gasteiger partial charge in [0.05, 0.1) is 17.6 Å². The summed E-state index contributed by atoms with van der Waals surface area (Å²) < 4.78 is 11.2. The Bertz CT molecular complexity index is 809. The molecule has 0 amide bonds. The van der Waals surface area contributed by atoms with E-state index in [0.717, 1.165) is 15.2 Å². The van der Waals surface area contributed by atoms with E-state index in [1.165, 1.54) is 6.07 Å². The fourth-order valence-electron chi connectivity index (χ4n) is 2.10. The first-order chi connectivity index (χ1) is 9.11. The van der Waals surface area contributed by atoms with Crippen molar-refractivity contribution >= 4 is 43.6 Å². The molecule has 6 heteroatoms. The van der Waals surface area contributed by atoms with Crippen LogP contribution < -0.4 is 4.74 Å². The number of methoxy groups -OCH3 is 1. The van der Waals surface area contributed by atoms with Crippen LogP contribution in [0, 0.1) is 10.1 Å². The van der Waals surface area contributed by atoms with Crippen LogP contribution >= 0.6 is 15.9 Å². The third-order valence-corrected chi connectivity index (χ3v) is 3.80. The quantitative estimate of drug-likeness (QED) is 0.522. The molecule has 0 radical (unpaired) electrons. The van der Waals surface area contributed by atoms with E-state index in [2.05, 4.69) is 15.9 Å². The number of nitrogens with zero attached hydrogens (tertiary/aromatic N) is 1. The zero-order chi connectivity index (χ0) is 13.6. The minimum absolute atomic E-state index is 0.255. The number of ether oxygens (including phenoxy) is 1. The van der Waals surface area contributed by atoms with Gasteiger partial charge in [-0.15, -0.1) is 0 Å². The van der Waals surface area contributed by atoms with Gasteiger partial charge >= 0.3 is 5.88 Å². The van der Waals surface area contributed by atoms with Gasteiger partial charge in [-0.2, -0.15) is 0 Å². The summed E-state index contributed by atoms with van der Waals surface area (Å²) in [6.45, 7) is 0. The highest BCUT2D eigenvalue weighted by atomic mass is 79.9. The molecule has 0 spiro atoms. The van der Waals surface area contributed by atoms with E-state index in [9.17, 15) is 10.1 Å². The van der Waals surface area contributed by atoms with Gasteiger partial charge in [-0.1, -0.05) is 0 Å². The van der Waals surface area contributed by atoms with Crippen molar-refractivity contribution in [3.8, 4) is 5.75 Å². The number of furan rings is 1. The van der Waals surface area contributed by atoms with Gasteiger partial charge in [0.1, 0.15) is 16.3 Å². The summed E-state index contributed by atoms with van der Waals surface area (Å²) >= 11 is 3.47. The summed E-state index contributed by atoms with van der Waals surface area (Å²) in [7, 11) is 1.59. The van der Waals surface area contributed by atoms with Gasteiger partial charge in [-0.05, 0) is 45.6 Å². The van der Waals surface area contributed by atoms with Crippen LogP contribution in [0.5, 0.6) is 5.75 Å². The lowest BCUT2D eigenvalue weighted by atomic mass is 10.1. The Labute approximate surface area is 116 Å². The molecule has 96 valence electrons. The van der Waals surface area contributed by atoms with E-state index in [0.29, 0.717) is 16.7 Å². The van der Waals surface area contributed by atoms with Crippen LogP contribution in [0.4, 0.5) is 5.88 Å². The Morgan fingerprint density at radius 2 is 1.95 bits per heavy atom. The Morgan fingerprint density at radius 3 is 2.63 bits per heavy atom. The van der Waals surface area contributed by atoms with Crippen LogP contribution in [-0.4, -0.2) is 12.0 Å². The molecule has 0 atom stereocenters. The molecule has 5 nitrogen and oxygen atoms in total. The number of benzene rings is 2. The molecule has 3 aromatic rings. The van der Waals surface area contributed by atoms with Crippen molar-refractivity contribution in [2.75, 3.05) is 7.11 Å². The van der Waals surface area contributed by atoms with E-state index in [1.807, 2.05) is 18.2 Å². The summed E-state index contributed by atoms with van der Waals surface area (Å²) in [4.78, 5) is 10.2. The number of fused-ring (bicyclic) bond motifs is 3. The van der Waals surface area contributed by atoms with Gasteiger partial charge in [0.2, 0.25) is 0 Å². The van der Waals surface area contributed by atoms with Gasteiger partial charge in [0, 0.05) is 10.8 Å². The first kappa shape index (κ1) is 12.0. The molecule has 0 saturated carbocycles. The Kier molecular flexibility index (Phi) is 2.67. The zero-order valence-corrected chi connectivity index (χ0v) is 11.4. The van der Waals surface area contributed by atoms with Crippen LogP contribution in [0.3, 0.4) is 0 Å². The lowest BCUT2D eigenvalue weighted by molar-refractivity contribution is -0.401. The number of nitro groups is 1. The van der Waals surface area contributed by atoms with E-state index >= 15 is 0 Å². The van der Waals surface area contributed by atoms with Gasteiger partial charge in [-0.3, -0.25) is 10.1 Å². The molecule has 3 rings (SSSR count). The zero-order valence-electron chi connectivity index (χ0n) is 9.84. The van der Waals surface area contributed by atoms with Crippen molar-refractivity contribution in [3.05, 3.63) is 44.9 Å². The lowest BCUT2D eigenvalue weighted by Gasteiger charge is -2.06. The van der Waals surface area contributed by atoms with Crippen LogP contribution in [0.15, 0.2) is 39.2 Å². The van der Waals surface area contributed by atoms with Crippen molar-refractivity contribution in [2.45, 2.75) is 0 Å². The maximum absolute atomic E-state index is 10.8. The van der Waals surface area contributed by atoms with Gasteiger partial charge in [-0.25, -0.2) is 0 Å². The second-order valence-electron chi connectivity index (χ2n) is 4.00.